The van der Waals surface area contributed by atoms with Crippen LogP contribution in [0.1, 0.15) is 33.1 Å². The highest BCUT2D eigenvalue weighted by Crippen LogP contribution is 2.58. The highest BCUT2D eigenvalue weighted by atomic mass is 31.2. The van der Waals surface area contributed by atoms with Crippen LogP contribution in [0.4, 0.5) is 0 Å². The zero-order valence-corrected chi connectivity index (χ0v) is 13.1. The Morgan fingerprint density at radius 2 is 1.95 bits per heavy atom. The fourth-order valence-corrected chi connectivity index (χ4v) is 3.59. The number of hydrogen-bond acceptors (Lipinski definition) is 6. The third kappa shape index (κ3) is 4.06. The molecule has 1 aromatic carbocycles. The summed E-state index contributed by atoms with van der Waals surface area (Å²) < 4.78 is 15.7. The minimum absolute atomic E-state index is 0.273. The molecular formula is C14H20NO5P. The molecular weight excluding hydrogens is 293 g/mol. The van der Waals surface area contributed by atoms with Crippen molar-refractivity contribution in [2.45, 2.75) is 39.2 Å². The predicted octanol–water partition coefficient (Wildman–Crippen LogP) is 2.21. The normalized spacial score (nSPS) is 16.5. The van der Waals surface area contributed by atoms with E-state index in [4.69, 9.17) is 13.8 Å². The van der Waals surface area contributed by atoms with Crippen molar-refractivity contribution in [1.82, 2.24) is 5.09 Å². The molecule has 0 unspecified atom stereocenters. The Hall–Kier alpha value is -1.36. The number of nitrogens with one attached hydrogen (secondary N) is 1. The van der Waals surface area contributed by atoms with Crippen molar-refractivity contribution in [3.05, 3.63) is 24.3 Å². The topological polar surface area (TPSA) is 79.9 Å². The number of fused-ring (bicyclic) bond motifs is 1. The van der Waals surface area contributed by atoms with E-state index in [9.17, 15) is 9.69 Å². The zero-order valence-electron chi connectivity index (χ0n) is 12.2. The Bertz CT molecular complexity index is 471. The van der Waals surface area contributed by atoms with Crippen molar-refractivity contribution in [2.24, 2.45) is 0 Å². The fourth-order valence-electron chi connectivity index (χ4n) is 2.01. The first-order valence-electron chi connectivity index (χ1n) is 7.10. The van der Waals surface area contributed by atoms with Gasteiger partial charge in [0.25, 0.3) is 0 Å². The Morgan fingerprint density at radius 1 is 1.33 bits per heavy atom. The Balaban J connectivity index is 2.04. The van der Waals surface area contributed by atoms with Crippen molar-refractivity contribution < 1.29 is 23.5 Å². The number of carbonyl (C=O) groups is 1. The average molecular weight is 313 g/mol. The van der Waals surface area contributed by atoms with Crippen LogP contribution < -0.4 is 19.0 Å². The molecule has 0 fully saturated rings. The molecule has 1 atom stereocenters. The Kier molecular flexibility index (Phi) is 5.39. The SMILES string of the molecule is CCCC[C@H](N[P+]1([O-])Oc2ccccc2O1)C(=O)OCC. The molecule has 0 amide bonds. The van der Waals surface area contributed by atoms with Gasteiger partial charge in [-0.15, -0.1) is 5.09 Å². The van der Waals surface area contributed by atoms with Crippen LogP contribution in [0.25, 0.3) is 0 Å². The van der Waals surface area contributed by atoms with E-state index in [1.54, 1.807) is 31.2 Å². The summed E-state index contributed by atoms with van der Waals surface area (Å²) in [5.41, 5.74) is 0. The highest BCUT2D eigenvalue weighted by Gasteiger charge is 2.45. The lowest BCUT2D eigenvalue weighted by Crippen LogP contribution is -2.43. The summed E-state index contributed by atoms with van der Waals surface area (Å²) in [4.78, 5) is 24.5. The summed E-state index contributed by atoms with van der Waals surface area (Å²) in [5, 5.41) is 2.70. The fraction of sp³-hybridized carbons (Fsp3) is 0.500. The number of carbonyl (C=O) groups excluding carboxylic acids is 1. The van der Waals surface area contributed by atoms with E-state index < -0.39 is 20.1 Å². The molecule has 1 N–H and O–H groups in total. The smallest absolute Gasteiger partial charge is 0.410 e. The first-order valence-corrected chi connectivity index (χ1v) is 8.65. The minimum Gasteiger partial charge on any atom is -0.601 e. The molecule has 1 aromatic rings. The molecule has 7 heteroatoms. The van der Waals surface area contributed by atoms with Crippen molar-refractivity contribution >= 4 is 14.1 Å². The van der Waals surface area contributed by atoms with E-state index in [2.05, 4.69) is 5.09 Å². The Labute approximate surface area is 125 Å². The van der Waals surface area contributed by atoms with Crippen molar-refractivity contribution in [3.8, 4) is 11.5 Å². The van der Waals surface area contributed by atoms with Gasteiger partial charge >= 0.3 is 14.1 Å². The van der Waals surface area contributed by atoms with Crippen LogP contribution >= 0.6 is 8.09 Å². The molecule has 2 rings (SSSR count). The molecule has 0 spiro atoms. The quantitative estimate of drug-likeness (QED) is 0.614. The summed E-state index contributed by atoms with van der Waals surface area (Å²) in [6.45, 7) is 4.02. The largest absolute Gasteiger partial charge is 0.601 e. The van der Waals surface area contributed by atoms with Crippen molar-refractivity contribution in [2.75, 3.05) is 6.61 Å². The van der Waals surface area contributed by atoms with Crippen LogP contribution in [-0.2, 0) is 9.53 Å². The van der Waals surface area contributed by atoms with Gasteiger partial charge in [0.05, 0.1) is 6.61 Å². The van der Waals surface area contributed by atoms with Crippen LogP contribution in [0.2, 0.25) is 0 Å². The van der Waals surface area contributed by atoms with E-state index in [0.29, 0.717) is 17.9 Å². The third-order valence-corrected chi connectivity index (χ3v) is 4.52. The highest BCUT2D eigenvalue weighted by molar-refractivity contribution is 7.58. The lowest BCUT2D eigenvalue weighted by atomic mass is 10.1. The van der Waals surface area contributed by atoms with Crippen LogP contribution in [0, 0.1) is 0 Å². The monoisotopic (exact) mass is 313 g/mol. The molecule has 0 aromatic heterocycles. The third-order valence-electron chi connectivity index (χ3n) is 3.02. The molecule has 116 valence electrons. The van der Waals surface area contributed by atoms with Crippen LogP contribution in [0.15, 0.2) is 24.3 Å². The number of esters is 1. The molecule has 21 heavy (non-hydrogen) atoms. The van der Waals surface area contributed by atoms with E-state index in [1.165, 1.54) is 0 Å². The number of para-hydroxylation sites is 2. The molecule has 0 radical (unpaired) electrons. The first kappa shape index (κ1) is 16.0. The molecule has 1 aliphatic heterocycles. The van der Waals surface area contributed by atoms with Gasteiger partial charge in [0.2, 0.25) is 11.5 Å². The molecule has 0 saturated carbocycles. The maximum atomic E-state index is 12.6. The number of unbranched alkanes of at least 4 members (excludes halogenated alkanes) is 1. The van der Waals surface area contributed by atoms with Gasteiger partial charge in [0.1, 0.15) is 6.04 Å². The van der Waals surface area contributed by atoms with Gasteiger partial charge < -0.3 is 9.63 Å². The first-order chi connectivity index (χ1) is 10.1. The second kappa shape index (κ2) is 7.07. The van der Waals surface area contributed by atoms with E-state index >= 15 is 0 Å². The molecule has 1 heterocycles. The molecule has 0 aliphatic carbocycles. The maximum absolute atomic E-state index is 12.6. The summed E-state index contributed by atoms with van der Waals surface area (Å²) in [7, 11) is -3.58. The predicted molar refractivity (Wildman–Crippen MR) is 77.7 cm³/mol. The zero-order chi connectivity index (χ0) is 15.3. The standard InChI is InChI=1S/C14H20NO5P/c1-3-5-8-11(14(16)18-4-2)15-21(17)19-12-9-6-7-10-13(12)20-21/h6-7,9-11H,3-5,8H2,1-2H3,(H,15,17)/t11-/m0/s1. The van der Waals surface area contributed by atoms with Crippen LogP contribution in [0.5, 0.6) is 11.5 Å². The van der Waals surface area contributed by atoms with Gasteiger partial charge in [-0.05, 0) is 25.5 Å². The Morgan fingerprint density at radius 3 is 2.48 bits per heavy atom. The second-order valence-corrected chi connectivity index (χ2v) is 6.32. The molecule has 6 nitrogen and oxygen atoms in total. The number of hydrogen-bond donors (Lipinski definition) is 1. The summed E-state index contributed by atoms with van der Waals surface area (Å²) in [5.74, 6) is 0.377. The van der Waals surface area contributed by atoms with Gasteiger partial charge in [-0.2, -0.15) is 0 Å². The number of benzene rings is 1. The minimum atomic E-state index is -3.58. The lowest BCUT2D eigenvalue weighted by molar-refractivity contribution is -0.204. The summed E-state index contributed by atoms with van der Waals surface area (Å²) in [6, 6.07) is 6.16. The summed E-state index contributed by atoms with van der Waals surface area (Å²) >= 11 is 0. The van der Waals surface area contributed by atoms with Crippen LogP contribution in [0.3, 0.4) is 0 Å². The van der Waals surface area contributed by atoms with Crippen molar-refractivity contribution in [3.63, 3.8) is 0 Å². The summed E-state index contributed by atoms with van der Waals surface area (Å²) in [6.07, 6.45) is 2.25. The molecule has 0 saturated heterocycles. The number of ether oxygens (including phenoxy) is 1. The average Bonchev–Trinajstić information content (AvgIpc) is 2.79. The maximum Gasteiger partial charge on any atom is 0.410 e. The molecule has 1 aliphatic rings. The van der Waals surface area contributed by atoms with Crippen molar-refractivity contribution in [1.29, 1.82) is 0 Å². The van der Waals surface area contributed by atoms with Gasteiger partial charge in [-0.1, -0.05) is 31.9 Å². The second-order valence-electron chi connectivity index (χ2n) is 4.70. The van der Waals surface area contributed by atoms with Gasteiger partial charge in [-0.25, -0.2) is 0 Å². The number of rotatable bonds is 7. The van der Waals surface area contributed by atoms with Gasteiger partial charge in [-0.3, -0.25) is 13.8 Å². The van der Waals surface area contributed by atoms with Gasteiger partial charge in [0.15, 0.2) is 0 Å². The van der Waals surface area contributed by atoms with E-state index in [1.807, 2.05) is 6.92 Å². The molecule has 0 bridgehead atoms. The van der Waals surface area contributed by atoms with E-state index in [-0.39, 0.29) is 6.61 Å². The lowest BCUT2D eigenvalue weighted by Gasteiger charge is -2.24. The van der Waals surface area contributed by atoms with Crippen LogP contribution in [-0.4, -0.2) is 18.6 Å². The van der Waals surface area contributed by atoms with Gasteiger partial charge in [0, 0.05) is 0 Å². The van der Waals surface area contributed by atoms with E-state index in [0.717, 1.165) is 12.8 Å².